The van der Waals surface area contributed by atoms with Gasteiger partial charge in [0.2, 0.25) is 0 Å². The maximum absolute atomic E-state index is 12.9. The fraction of sp³-hybridized carbons (Fsp3) is 0.500. The number of hydrogen-bond acceptors (Lipinski definition) is 4. The van der Waals surface area contributed by atoms with Gasteiger partial charge >= 0.3 is 0 Å². The molecular formula is C16H22N4O. The van der Waals surface area contributed by atoms with Crippen molar-refractivity contribution < 1.29 is 0 Å². The second-order valence-corrected chi connectivity index (χ2v) is 6.02. The molecule has 112 valence electrons. The lowest BCUT2D eigenvalue weighted by atomic mass is 10.2. The van der Waals surface area contributed by atoms with Gasteiger partial charge in [0.1, 0.15) is 5.82 Å². The summed E-state index contributed by atoms with van der Waals surface area (Å²) >= 11 is 0. The molecule has 0 atom stereocenters. The first-order chi connectivity index (χ1) is 10.1. The molecule has 1 aliphatic heterocycles. The molecule has 0 amide bonds. The number of hydrogen-bond donors (Lipinski definition) is 0. The molecule has 21 heavy (non-hydrogen) atoms. The summed E-state index contributed by atoms with van der Waals surface area (Å²) in [6.07, 6.45) is 0. The second-order valence-electron chi connectivity index (χ2n) is 6.02. The van der Waals surface area contributed by atoms with Gasteiger partial charge in [0.05, 0.1) is 10.9 Å². The number of para-hydroxylation sites is 1. The van der Waals surface area contributed by atoms with Crippen LogP contribution in [0.2, 0.25) is 0 Å². The van der Waals surface area contributed by atoms with E-state index >= 15 is 0 Å². The molecule has 0 N–H and O–H groups in total. The van der Waals surface area contributed by atoms with E-state index in [4.69, 9.17) is 4.98 Å². The highest BCUT2D eigenvalue weighted by Crippen LogP contribution is 2.15. The predicted octanol–water partition coefficient (Wildman–Crippen LogP) is 1.40. The van der Waals surface area contributed by atoms with Crippen LogP contribution in [0.1, 0.15) is 25.6 Å². The third kappa shape index (κ3) is 2.53. The van der Waals surface area contributed by atoms with Crippen LogP contribution in [0.5, 0.6) is 0 Å². The lowest BCUT2D eigenvalue weighted by molar-refractivity contribution is 0.282. The van der Waals surface area contributed by atoms with Crippen LogP contribution in [0.25, 0.3) is 10.9 Å². The Morgan fingerprint density at radius 3 is 2.43 bits per heavy atom. The number of rotatable bonds is 2. The molecule has 0 unspecified atom stereocenters. The SMILES string of the molecule is CC(C)c1nc2ccccc2c(=O)n1N1CCN(C)CC1. The molecule has 1 fully saturated rings. The molecule has 2 aromatic rings. The van der Waals surface area contributed by atoms with Crippen LogP contribution >= 0.6 is 0 Å². The Kier molecular flexibility index (Phi) is 3.68. The van der Waals surface area contributed by atoms with Gasteiger partial charge in [-0.1, -0.05) is 26.0 Å². The summed E-state index contributed by atoms with van der Waals surface area (Å²) in [5, 5.41) is 2.83. The maximum Gasteiger partial charge on any atom is 0.280 e. The van der Waals surface area contributed by atoms with Crippen LogP contribution in [-0.2, 0) is 0 Å². The molecule has 3 rings (SSSR count). The Labute approximate surface area is 124 Å². The maximum atomic E-state index is 12.9. The molecule has 0 aliphatic carbocycles. The van der Waals surface area contributed by atoms with Gasteiger partial charge < -0.3 is 9.91 Å². The first-order valence-corrected chi connectivity index (χ1v) is 7.53. The van der Waals surface area contributed by atoms with E-state index in [-0.39, 0.29) is 11.5 Å². The van der Waals surface area contributed by atoms with Crippen molar-refractivity contribution in [1.29, 1.82) is 0 Å². The van der Waals surface area contributed by atoms with E-state index in [1.165, 1.54) is 0 Å². The number of piperazine rings is 1. The zero-order valence-electron chi connectivity index (χ0n) is 12.9. The molecule has 0 spiro atoms. The quantitative estimate of drug-likeness (QED) is 0.837. The lowest BCUT2D eigenvalue weighted by Crippen LogP contribution is -2.54. The van der Waals surface area contributed by atoms with E-state index in [1.807, 2.05) is 24.3 Å². The lowest BCUT2D eigenvalue weighted by Gasteiger charge is -2.36. The molecule has 1 aromatic carbocycles. The van der Waals surface area contributed by atoms with E-state index < -0.39 is 0 Å². The zero-order valence-corrected chi connectivity index (χ0v) is 12.9. The van der Waals surface area contributed by atoms with Crippen LogP contribution in [-0.4, -0.2) is 47.8 Å². The van der Waals surface area contributed by atoms with Crippen molar-refractivity contribution in [2.45, 2.75) is 19.8 Å². The van der Waals surface area contributed by atoms with Crippen molar-refractivity contribution >= 4 is 10.9 Å². The van der Waals surface area contributed by atoms with Crippen molar-refractivity contribution in [3.05, 3.63) is 40.4 Å². The number of aromatic nitrogens is 2. The Balaban J connectivity index is 2.17. The smallest absolute Gasteiger partial charge is 0.280 e. The van der Waals surface area contributed by atoms with E-state index in [1.54, 1.807) is 4.68 Å². The molecule has 5 nitrogen and oxygen atoms in total. The summed E-state index contributed by atoms with van der Waals surface area (Å²) in [6.45, 7) is 7.83. The monoisotopic (exact) mass is 286 g/mol. The average molecular weight is 286 g/mol. The van der Waals surface area contributed by atoms with Gasteiger partial charge in [0.25, 0.3) is 5.56 Å². The van der Waals surface area contributed by atoms with Gasteiger partial charge in [-0.25, -0.2) is 9.66 Å². The first-order valence-electron chi connectivity index (χ1n) is 7.53. The highest BCUT2D eigenvalue weighted by atomic mass is 16.1. The summed E-state index contributed by atoms with van der Waals surface area (Å²) in [7, 11) is 2.11. The third-order valence-electron chi connectivity index (χ3n) is 4.06. The fourth-order valence-electron chi connectivity index (χ4n) is 2.78. The van der Waals surface area contributed by atoms with Crippen molar-refractivity contribution in [3.63, 3.8) is 0 Å². The molecule has 0 saturated carbocycles. The van der Waals surface area contributed by atoms with Gasteiger partial charge in [0.15, 0.2) is 0 Å². The van der Waals surface area contributed by atoms with Crippen LogP contribution < -0.4 is 10.6 Å². The minimum Gasteiger partial charge on any atom is -0.306 e. The summed E-state index contributed by atoms with van der Waals surface area (Å²) < 4.78 is 1.81. The number of benzene rings is 1. The first kappa shape index (κ1) is 14.1. The summed E-state index contributed by atoms with van der Waals surface area (Å²) in [4.78, 5) is 19.9. The zero-order chi connectivity index (χ0) is 15.0. The second kappa shape index (κ2) is 5.48. The molecular weight excluding hydrogens is 264 g/mol. The highest BCUT2D eigenvalue weighted by Gasteiger charge is 2.21. The van der Waals surface area contributed by atoms with Crippen molar-refractivity contribution in [1.82, 2.24) is 14.6 Å². The molecule has 5 heteroatoms. The van der Waals surface area contributed by atoms with Gasteiger partial charge in [-0.3, -0.25) is 4.79 Å². The predicted molar refractivity (Wildman–Crippen MR) is 85.5 cm³/mol. The minimum atomic E-state index is 0.0499. The van der Waals surface area contributed by atoms with E-state index in [0.717, 1.165) is 37.5 Å². The van der Waals surface area contributed by atoms with E-state index in [0.29, 0.717) is 5.39 Å². The van der Waals surface area contributed by atoms with Gasteiger partial charge in [0, 0.05) is 32.1 Å². The Morgan fingerprint density at radius 2 is 1.76 bits per heavy atom. The van der Waals surface area contributed by atoms with Gasteiger partial charge in [-0.2, -0.15) is 0 Å². The van der Waals surface area contributed by atoms with Crippen LogP contribution in [0, 0.1) is 0 Å². The molecule has 1 aliphatic rings. The van der Waals surface area contributed by atoms with Gasteiger partial charge in [-0.05, 0) is 19.2 Å². The van der Waals surface area contributed by atoms with Gasteiger partial charge in [-0.15, -0.1) is 0 Å². The summed E-state index contributed by atoms with van der Waals surface area (Å²) in [5.74, 6) is 1.06. The van der Waals surface area contributed by atoms with Crippen LogP contribution in [0.4, 0.5) is 0 Å². The third-order valence-corrected chi connectivity index (χ3v) is 4.06. The van der Waals surface area contributed by atoms with Crippen LogP contribution in [0.15, 0.2) is 29.1 Å². The molecule has 1 saturated heterocycles. The minimum absolute atomic E-state index is 0.0499. The Morgan fingerprint density at radius 1 is 1.10 bits per heavy atom. The largest absolute Gasteiger partial charge is 0.306 e. The van der Waals surface area contributed by atoms with Crippen LogP contribution in [0.3, 0.4) is 0 Å². The molecule has 0 bridgehead atoms. The highest BCUT2D eigenvalue weighted by molar-refractivity contribution is 5.77. The normalized spacial score (nSPS) is 16.9. The van der Waals surface area contributed by atoms with E-state index in [2.05, 4.69) is 30.8 Å². The molecule has 0 radical (unpaired) electrons. The summed E-state index contributed by atoms with van der Waals surface area (Å²) in [6, 6.07) is 7.60. The fourth-order valence-corrected chi connectivity index (χ4v) is 2.78. The molecule has 2 heterocycles. The standard InChI is InChI=1S/C16H22N4O/c1-12(2)15-17-14-7-5-4-6-13(14)16(21)20(15)19-10-8-18(3)9-11-19/h4-7,12H,8-11H2,1-3H3. The Hall–Kier alpha value is -1.88. The van der Waals surface area contributed by atoms with Crippen molar-refractivity contribution in [2.24, 2.45) is 0 Å². The van der Waals surface area contributed by atoms with E-state index in [9.17, 15) is 4.79 Å². The number of nitrogens with zero attached hydrogens (tertiary/aromatic N) is 4. The van der Waals surface area contributed by atoms with Crippen molar-refractivity contribution in [2.75, 3.05) is 38.2 Å². The number of likely N-dealkylation sites (N-methyl/N-ethyl adjacent to an activating group) is 1. The molecule has 1 aromatic heterocycles. The summed E-state index contributed by atoms with van der Waals surface area (Å²) in [5.41, 5.74) is 0.838. The Bertz CT molecular complexity index is 699. The topological polar surface area (TPSA) is 41.4 Å². The average Bonchev–Trinajstić information content (AvgIpc) is 2.48. The van der Waals surface area contributed by atoms with Crippen molar-refractivity contribution in [3.8, 4) is 0 Å². The number of fused-ring (bicyclic) bond motifs is 1.